The van der Waals surface area contributed by atoms with E-state index in [9.17, 15) is 4.79 Å². The molecule has 10 heteroatoms. The molecule has 7 nitrogen and oxygen atoms in total. The van der Waals surface area contributed by atoms with Crippen molar-refractivity contribution in [3.8, 4) is 5.75 Å². The summed E-state index contributed by atoms with van der Waals surface area (Å²) < 4.78 is 39.5. The molecule has 0 heterocycles. The fourth-order valence-corrected chi connectivity index (χ4v) is 8.22. The zero-order valence-electron chi connectivity index (χ0n) is 19.3. The van der Waals surface area contributed by atoms with Crippen molar-refractivity contribution in [2.75, 3.05) is 0 Å². The van der Waals surface area contributed by atoms with Gasteiger partial charge in [-0.2, -0.15) is 0 Å². The van der Waals surface area contributed by atoms with E-state index < -0.39 is 23.6 Å². The van der Waals surface area contributed by atoms with Crippen LogP contribution < -0.4 is 44.6 Å². The predicted octanol–water partition coefficient (Wildman–Crippen LogP) is 1.05. The van der Waals surface area contributed by atoms with Crippen molar-refractivity contribution in [2.24, 2.45) is 0 Å². The minimum atomic E-state index is -4.94. The van der Waals surface area contributed by atoms with Crippen LogP contribution >= 0.6 is 18.9 Å². The number of ether oxygens (including phenoxy) is 1. The molecule has 0 atom stereocenters. The SMILES string of the molecule is O=C(N/C(=C/Cl)[P+](c1ccccc1)(c1ccccc1)c1ccccc1)Oc1ccccc1.[O-][Cl+3]([O-])([O-])[O-]. The van der Waals surface area contributed by atoms with Gasteiger partial charge in [-0.1, -0.05) is 84.4 Å². The van der Waals surface area contributed by atoms with Crippen molar-refractivity contribution >= 4 is 40.9 Å². The fraction of sp³-hybridized carbons (Fsp3) is 0. The molecule has 0 aliphatic rings. The van der Waals surface area contributed by atoms with E-state index in [1.54, 1.807) is 12.1 Å². The Hall–Kier alpha value is -3.26. The highest BCUT2D eigenvalue weighted by Crippen LogP contribution is 2.61. The summed E-state index contributed by atoms with van der Waals surface area (Å²) in [5.41, 5.74) is 2.07. The van der Waals surface area contributed by atoms with Gasteiger partial charge in [0.05, 0.1) is 5.54 Å². The van der Waals surface area contributed by atoms with Gasteiger partial charge in [0.25, 0.3) is 0 Å². The molecule has 0 saturated heterocycles. The molecule has 0 fully saturated rings. The van der Waals surface area contributed by atoms with Gasteiger partial charge in [0.1, 0.15) is 21.7 Å². The third-order valence-corrected chi connectivity index (χ3v) is 9.63. The van der Waals surface area contributed by atoms with E-state index in [2.05, 4.69) is 41.7 Å². The van der Waals surface area contributed by atoms with Crippen LogP contribution in [0.15, 0.2) is 132 Å². The average molecular weight is 558 g/mol. The molecule has 190 valence electrons. The topological polar surface area (TPSA) is 131 Å². The molecule has 37 heavy (non-hydrogen) atoms. The van der Waals surface area contributed by atoms with Gasteiger partial charge < -0.3 is 4.74 Å². The van der Waals surface area contributed by atoms with Crippen LogP contribution in [-0.2, 0) is 0 Å². The Morgan fingerprint density at radius 2 is 1.00 bits per heavy atom. The van der Waals surface area contributed by atoms with E-state index >= 15 is 0 Å². The van der Waals surface area contributed by atoms with Gasteiger partial charge in [-0.15, -0.1) is 10.2 Å². The Balaban J connectivity index is 0.000000695. The van der Waals surface area contributed by atoms with E-state index in [-0.39, 0.29) is 0 Å². The Bertz CT molecular complexity index is 1190. The van der Waals surface area contributed by atoms with Crippen molar-refractivity contribution in [3.63, 3.8) is 0 Å². The molecule has 0 saturated carbocycles. The first kappa shape index (κ1) is 28.3. The molecule has 0 aliphatic heterocycles. The molecule has 0 aliphatic carbocycles. The number of rotatable bonds is 6. The van der Waals surface area contributed by atoms with E-state index in [1.807, 2.05) is 72.8 Å². The van der Waals surface area contributed by atoms with Gasteiger partial charge in [0.2, 0.25) is 0 Å². The van der Waals surface area contributed by atoms with Crippen LogP contribution in [0.5, 0.6) is 5.75 Å². The molecule has 0 spiro atoms. The Kier molecular flexibility index (Phi) is 10.2. The maximum atomic E-state index is 12.9. The van der Waals surface area contributed by atoms with Gasteiger partial charge in [-0.25, -0.2) is 23.4 Å². The largest absolute Gasteiger partial charge is 0.419 e. The van der Waals surface area contributed by atoms with Crippen LogP contribution in [0, 0.1) is 10.2 Å². The van der Waals surface area contributed by atoms with Crippen molar-refractivity contribution in [1.82, 2.24) is 5.32 Å². The number of amides is 1. The number of benzene rings is 4. The first-order valence-corrected chi connectivity index (χ1v) is 14.2. The number of hydrogen-bond acceptors (Lipinski definition) is 6. The molecular formula is C27H22Cl2NO6P. The Labute approximate surface area is 222 Å². The summed E-state index contributed by atoms with van der Waals surface area (Å²) in [4.78, 5) is 12.9. The minimum absolute atomic E-state index is 0.460. The van der Waals surface area contributed by atoms with Gasteiger partial charge in [0.15, 0.2) is 12.7 Å². The second-order valence-corrected chi connectivity index (χ2v) is 11.7. The quantitative estimate of drug-likeness (QED) is 0.352. The summed E-state index contributed by atoms with van der Waals surface area (Å²) in [7, 11) is -7.45. The summed E-state index contributed by atoms with van der Waals surface area (Å²) in [6.45, 7) is 0. The zero-order valence-corrected chi connectivity index (χ0v) is 21.7. The summed E-state index contributed by atoms with van der Waals surface area (Å²) >= 11 is 6.44. The first-order chi connectivity index (χ1) is 17.7. The molecule has 4 rings (SSSR count). The highest BCUT2D eigenvalue weighted by Gasteiger charge is 2.50. The van der Waals surface area contributed by atoms with Crippen molar-refractivity contribution in [2.45, 2.75) is 0 Å². The smallest absolute Gasteiger partial charge is 0.410 e. The van der Waals surface area contributed by atoms with Gasteiger partial charge in [-0.3, -0.25) is 5.32 Å². The van der Waals surface area contributed by atoms with E-state index in [4.69, 9.17) is 35.0 Å². The standard InChI is InChI=1S/C27H21ClNO2P.ClHO4/c28-21-26(29-27(30)31-22-13-5-1-6-14-22)32(23-15-7-2-8-16-23,24-17-9-3-10-18-24)25-19-11-4-12-20-25;2-1(3,4)5/h1-21H;(H,2,3,4,5)/b26-21-;. The third kappa shape index (κ3) is 7.86. The molecule has 0 radical (unpaired) electrons. The number of nitrogens with one attached hydrogen (secondary N) is 1. The van der Waals surface area contributed by atoms with Crippen LogP contribution in [0.25, 0.3) is 0 Å². The molecule has 1 N–H and O–H groups in total. The number of carbonyl (C=O) groups excluding carboxylic acids is 1. The van der Waals surface area contributed by atoms with Crippen LogP contribution in [0.2, 0.25) is 0 Å². The maximum Gasteiger partial charge on any atom is 0.419 e. The molecule has 4 aromatic carbocycles. The minimum Gasteiger partial charge on any atom is -0.410 e. The fourth-order valence-electron chi connectivity index (χ4n) is 3.73. The second-order valence-electron chi connectivity index (χ2n) is 7.38. The maximum absolute atomic E-state index is 12.9. The second kappa shape index (κ2) is 13.3. The van der Waals surface area contributed by atoms with Gasteiger partial charge in [0, 0.05) is 0 Å². The molecule has 0 bridgehead atoms. The normalized spacial score (nSPS) is 11.6. The van der Waals surface area contributed by atoms with Crippen LogP contribution in [-0.4, -0.2) is 6.09 Å². The number of halogens is 2. The van der Waals surface area contributed by atoms with Crippen LogP contribution in [0.1, 0.15) is 0 Å². The van der Waals surface area contributed by atoms with Crippen molar-refractivity contribution in [1.29, 1.82) is 0 Å². The van der Waals surface area contributed by atoms with Gasteiger partial charge >= 0.3 is 6.09 Å². The number of carbonyl (C=O) groups is 1. The van der Waals surface area contributed by atoms with Gasteiger partial charge in [-0.05, 0) is 48.5 Å². The van der Waals surface area contributed by atoms with Crippen molar-refractivity contribution < 1.29 is 38.4 Å². The molecule has 0 aromatic heterocycles. The summed E-state index contributed by atoms with van der Waals surface area (Å²) in [5.74, 6) is 0.460. The summed E-state index contributed by atoms with van der Waals surface area (Å²) in [5, 5.41) is 6.19. The predicted molar refractivity (Wildman–Crippen MR) is 135 cm³/mol. The lowest BCUT2D eigenvalue weighted by atomic mass is 10.3. The highest BCUT2D eigenvalue weighted by molar-refractivity contribution is 7.99. The summed E-state index contributed by atoms with van der Waals surface area (Å²) in [6, 6.07) is 39.4. The third-order valence-electron chi connectivity index (χ3n) is 5.08. The van der Waals surface area contributed by atoms with E-state index in [0.717, 1.165) is 15.9 Å². The molecule has 0 unspecified atom stereocenters. The number of para-hydroxylation sites is 1. The lowest BCUT2D eigenvalue weighted by Crippen LogP contribution is -2.68. The lowest BCUT2D eigenvalue weighted by molar-refractivity contribution is -2.00. The molecular weight excluding hydrogens is 536 g/mol. The molecule has 1 amide bonds. The monoisotopic (exact) mass is 557 g/mol. The number of hydrogen-bond donors (Lipinski definition) is 1. The zero-order chi connectivity index (χ0) is 26.7. The lowest BCUT2D eigenvalue weighted by Gasteiger charge is -2.28. The van der Waals surface area contributed by atoms with Crippen LogP contribution in [0.4, 0.5) is 4.79 Å². The Morgan fingerprint density at radius 3 is 1.32 bits per heavy atom. The summed E-state index contributed by atoms with van der Waals surface area (Å²) in [6.07, 6.45) is -0.588. The first-order valence-electron chi connectivity index (χ1n) is 10.8. The van der Waals surface area contributed by atoms with Crippen molar-refractivity contribution in [3.05, 3.63) is 132 Å². The molecule has 4 aromatic rings. The Morgan fingerprint density at radius 1 is 0.676 bits per heavy atom. The van der Waals surface area contributed by atoms with Crippen LogP contribution in [0.3, 0.4) is 0 Å². The van der Waals surface area contributed by atoms with E-state index in [0.29, 0.717) is 11.2 Å². The average Bonchev–Trinajstić information content (AvgIpc) is 2.90. The highest BCUT2D eigenvalue weighted by atomic mass is 35.7. The van der Waals surface area contributed by atoms with E-state index in [1.165, 1.54) is 5.54 Å².